The van der Waals surface area contributed by atoms with Gasteiger partial charge in [0, 0.05) is 10.3 Å². The van der Waals surface area contributed by atoms with Crippen molar-refractivity contribution in [1.29, 1.82) is 0 Å². The smallest absolute Gasteiger partial charge is 0.0278 e. The summed E-state index contributed by atoms with van der Waals surface area (Å²) in [5.74, 6) is 0. The van der Waals surface area contributed by atoms with Crippen molar-refractivity contribution in [2.45, 2.75) is 17.6 Å². The van der Waals surface area contributed by atoms with Crippen LogP contribution in [0.25, 0.3) is 0 Å². The lowest BCUT2D eigenvalue weighted by Gasteiger charge is -1.50. The molecule has 0 amide bonds. The molecular formula is C3H5Br. The van der Waals surface area contributed by atoms with E-state index in [0.717, 1.165) is 0 Å². The molecule has 0 spiro atoms. The van der Waals surface area contributed by atoms with Gasteiger partial charge in [0.05, 0.1) is 0 Å². The highest BCUT2D eigenvalue weighted by Gasteiger charge is 2.15. The van der Waals surface area contributed by atoms with E-state index in [1.54, 1.807) is 0 Å². The molecule has 24 valence electrons. The standard InChI is InChI=1S/C3H5Br/c4-3-1-2-3/h3H,1-2H2/i1D2,2D2. The van der Waals surface area contributed by atoms with E-state index in [0.29, 0.717) is 0 Å². The van der Waals surface area contributed by atoms with Gasteiger partial charge in [-0.05, 0) is 12.7 Å². The van der Waals surface area contributed by atoms with Crippen LogP contribution in [0.2, 0.25) is 0 Å². The lowest BCUT2D eigenvalue weighted by atomic mass is 11.0. The zero-order valence-corrected chi connectivity index (χ0v) is 3.54. The molecule has 0 unspecified atom stereocenters. The van der Waals surface area contributed by atoms with Crippen LogP contribution in [-0.2, 0) is 0 Å². The summed E-state index contributed by atoms with van der Waals surface area (Å²) in [5, 5.41) is 0. The normalized spacial score (nSPS) is 66.2. The monoisotopic (exact) mass is 124 g/mol. The molecule has 1 aliphatic carbocycles. The average Bonchev–Trinajstić information content (AvgIpc) is 1.88. The van der Waals surface area contributed by atoms with Crippen LogP contribution < -0.4 is 0 Å². The molecule has 0 radical (unpaired) electrons. The van der Waals surface area contributed by atoms with Gasteiger partial charge in [0.1, 0.15) is 0 Å². The average molecular weight is 125 g/mol. The van der Waals surface area contributed by atoms with E-state index in [2.05, 4.69) is 15.9 Å². The summed E-state index contributed by atoms with van der Waals surface area (Å²) in [7, 11) is 0. The third kappa shape index (κ3) is 0.449. The van der Waals surface area contributed by atoms with Crippen LogP contribution >= 0.6 is 15.9 Å². The molecule has 0 nitrogen and oxygen atoms in total. The molecule has 0 saturated heterocycles. The van der Waals surface area contributed by atoms with E-state index in [-0.39, 0.29) is 0 Å². The molecule has 0 aliphatic heterocycles. The number of hydrogen-bond donors (Lipinski definition) is 0. The Hall–Kier alpha value is 0.480. The Morgan fingerprint density at radius 1 is 2.00 bits per heavy atom. The maximum atomic E-state index is 6.90. The topological polar surface area (TPSA) is 0 Å². The first kappa shape index (κ1) is 0.754. The second-order valence-electron chi connectivity index (χ2n) is 0.651. The highest BCUT2D eigenvalue weighted by atomic mass is 79.9. The van der Waals surface area contributed by atoms with Crippen molar-refractivity contribution >= 4 is 15.9 Å². The summed E-state index contributed by atoms with van der Waals surface area (Å²) in [6.07, 6.45) is -3.29. The van der Waals surface area contributed by atoms with Crippen LogP contribution in [0.15, 0.2) is 0 Å². The van der Waals surface area contributed by atoms with Crippen LogP contribution in [-0.4, -0.2) is 4.83 Å². The van der Waals surface area contributed by atoms with Crippen LogP contribution in [0.1, 0.15) is 18.2 Å². The predicted molar refractivity (Wildman–Crippen MR) is 21.9 cm³/mol. The summed E-state index contributed by atoms with van der Waals surface area (Å²) in [5.41, 5.74) is 0. The van der Waals surface area contributed by atoms with Crippen molar-refractivity contribution in [2.24, 2.45) is 0 Å². The fourth-order valence-electron chi connectivity index (χ4n) is 0.0315. The van der Waals surface area contributed by atoms with Gasteiger partial charge < -0.3 is 0 Å². The van der Waals surface area contributed by atoms with E-state index in [9.17, 15) is 0 Å². The second-order valence-corrected chi connectivity index (χ2v) is 1.57. The van der Waals surface area contributed by atoms with Crippen LogP contribution in [0.5, 0.6) is 0 Å². The van der Waals surface area contributed by atoms with Crippen molar-refractivity contribution in [2.75, 3.05) is 0 Å². The van der Waals surface area contributed by atoms with E-state index in [1.807, 2.05) is 0 Å². The Morgan fingerprint density at radius 2 is 2.25 bits per heavy atom. The fourth-order valence-corrected chi connectivity index (χ4v) is 0.164. The fraction of sp³-hybridized carbons (Fsp3) is 1.00. The van der Waals surface area contributed by atoms with Crippen LogP contribution in [0.4, 0.5) is 0 Å². The first-order valence-electron chi connectivity index (χ1n) is 3.05. The molecule has 1 heteroatoms. The molecular weight excluding hydrogens is 116 g/mol. The lowest BCUT2D eigenvalue weighted by Crippen LogP contribution is -1.42. The van der Waals surface area contributed by atoms with Gasteiger partial charge in [-0.3, -0.25) is 0 Å². The lowest BCUT2D eigenvalue weighted by molar-refractivity contribution is 1.50. The molecule has 0 bridgehead atoms. The molecule has 1 rings (SSSR count). The van der Waals surface area contributed by atoms with Crippen molar-refractivity contribution in [1.82, 2.24) is 0 Å². The summed E-state index contributed by atoms with van der Waals surface area (Å²) < 4.78 is 27.6. The van der Waals surface area contributed by atoms with E-state index >= 15 is 0 Å². The van der Waals surface area contributed by atoms with Gasteiger partial charge in [0.2, 0.25) is 0 Å². The minimum Gasteiger partial charge on any atom is -0.0891 e. The van der Waals surface area contributed by atoms with Gasteiger partial charge in [-0.15, -0.1) is 0 Å². The SMILES string of the molecule is [2H]C1([2H])C(Br)C1([2H])[2H]. The van der Waals surface area contributed by atoms with Gasteiger partial charge in [0.15, 0.2) is 0 Å². The Kier molecular flexibility index (Phi) is 0.134. The van der Waals surface area contributed by atoms with Gasteiger partial charge in [-0.2, -0.15) is 0 Å². The number of alkyl halides is 1. The molecule has 0 atom stereocenters. The van der Waals surface area contributed by atoms with E-state index < -0.39 is 17.6 Å². The Bertz CT molecular complexity index is 106. The highest BCUT2D eigenvalue weighted by molar-refractivity contribution is 9.09. The van der Waals surface area contributed by atoms with Gasteiger partial charge >= 0.3 is 0 Å². The van der Waals surface area contributed by atoms with Crippen LogP contribution in [0, 0.1) is 0 Å². The summed E-state index contributed by atoms with van der Waals surface area (Å²) in [4.78, 5) is -0.609. The van der Waals surface area contributed by atoms with E-state index in [1.165, 1.54) is 0 Å². The molecule has 0 heterocycles. The number of halogens is 1. The predicted octanol–water partition coefficient (Wildman–Crippen LogP) is 1.54. The van der Waals surface area contributed by atoms with Crippen molar-refractivity contribution < 1.29 is 5.48 Å². The minimum atomic E-state index is -1.65. The van der Waals surface area contributed by atoms with Crippen molar-refractivity contribution in [3.63, 3.8) is 0 Å². The largest absolute Gasteiger partial charge is 0.0891 e. The maximum Gasteiger partial charge on any atom is 0.0278 e. The molecule has 1 fully saturated rings. The van der Waals surface area contributed by atoms with E-state index in [4.69, 9.17) is 5.48 Å². The van der Waals surface area contributed by atoms with Gasteiger partial charge in [-0.25, -0.2) is 0 Å². The third-order valence-electron chi connectivity index (χ3n) is 0.253. The van der Waals surface area contributed by atoms with Crippen molar-refractivity contribution in [3.05, 3.63) is 0 Å². The molecule has 0 aromatic carbocycles. The van der Waals surface area contributed by atoms with Crippen molar-refractivity contribution in [3.8, 4) is 0 Å². The highest BCUT2D eigenvalue weighted by Crippen LogP contribution is 2.27. The third-order valence-corrected chi connectivity index (χ3v) is 0.711. The van der Waals surface area contributed by atoms with Gasteiger partial charge in [-0.1, -0.05) is 15.9 Å². The molecule has 4 heavy (non-hydrogen) atoms. The number of hydrogen-bond acceptors (Lipinski definition) is 0. The van der Waals surface area contributed by atoms with Gasteiger partial charge in [0.25, 0.3) is 0 Å². The molecule has 0 aromatic rings. The molecule has 0 aromatic heterocycles. The molecule has 0 N–H and O–H groups in total. The summed E-state index contributed by atoms with van der Waals surface area (Å²) in [6.45, 7) is 0. The Morgan fingerprint density at radius 3 is 2.25 bits per heavy atom. The second kappa shape index (κ2) is 0.713. The Balaban J connectivity index is 2.72. The molecule has 1 saturated carbocycles. The molecule has 1 aliphatic rings. The summed E-state index contributed by atoms with van der Waals surface area (Å²) in [6, 6.07) is 0. The minimum absolute atomic E-state index is 0.609. The van der Waals surface area contributed by atoms with Crippen LogP contribution in [0.3, 0.4) is 0 Å². The maximum absolute atomic E-state index is 6.90. The zero-order valence-electron chi connectivity index (χ0n) is 5.96. The Labute approximate surface area is 40.0 Å². The zero-order chi connectivity index (χ0) is 6.58. The summed E-state index contributed by atoms with van der Waals surface area (Å²) >= 11 is 2.88. The quantitative estimate of drug-likeness (QED) is 0.431. The number of rotatable bonds is 0. The first-order valence-corrected chi connectivity index (χ1v) is 1.96. The first-order chi connectivity index (χ1) is 3.40.